The molecular formula is C42H48Cl2N4O7. The van der Waals surface area contributed by atoms with Crippen molar-refractivity contribution in [3.63, 3.8) is 0 Å². The molecule has 3 aromatic carbocycles. The number of carboxylic acid groups (broad SMARTS) is 1. The zero-order chi connectivity index (χ0) is 40.2. The van der Waals surface area contributed by atoms with Gasteiger partial charge in [-0.1, -0.05) is 103 Å². The average Bonchev–Trinajstić information content (AvgIpc) is 3.17. The molecule has 292 valence electrons. The highest BCUT2D eigenvalue weighted by Crippen LogP contribution is 2.23. The number of carbonyl (C=O) groups excluding carboxylic acids is 4. The number of rotatable bonds is 11. The lowest BCUT2D eigenvalue weighted by Gasteiger charge is -2.27. The minimum atomic E-state index is -1.22. The zero-order valence-electron chi connectivity index (χ0n) is 30.8. The van der Waals surface area contributed by atoms with Gasteiger partial charge in [-0.15, -0.1) is 0 Å². The molecule has 0 aliphatic carbocycles. The lowest BCUT2D eigenvalue weighted by atomic mass is 10.0. The second kappa shape index (κ2) is 23.5. The molecule has 0 unspecified atom stereocenters. The Morgan fingerprint density at radius 3 is 2.29 bits per heavy atom. The number of halogens is 2. The minimum Gasteiger partial charge on any atom is -0.484 e. The van der Waals surface area contributed by atoms with Crippen molar-refractivity contribution in [3.8, 4) is 5.75 Å². The summed E-state index contributed by atoms with van der Waals surface area (Å²) in [5, 5.41) is 22.9. The number of aliphatic carboxylic acids is 1. The van der Waals surface area contributed by atoms with Gasteiger partial charge in [0.2, 0.25) is 11.8 Å². The highest BCUT2D eigenvalue weighted by atomic mass is 35.5. The van der Waals surface area contributed by atoms with Gasteiger partial charge < -0.3 is 35.9 Å². The topological polar surface area (TPSA) is 163 Å². The maximum absolute atomic E-state index is 14.1. The minimum absolute atomic E-state index is 0.0194. The maximum Gasteiger partial charge on any atom is 0.326 e. The molecule has 3 amide bonds. The Bertz CT molecular complexity index is 1800. The number of hydrogen-bond donors (Lipinski definition) is 5. The quantitative estimate of drug-likeness (QED) is 0.124. The van der Waals surface area contributed by atoms with E-state index in [-0.39, 0.29) is 26.0 Å². The van der Waals surface area contributed by atoms with Crippen molar-refractivity contribution in [3.05, 3.63) is 136 Å². The summed E-state index contributed by atoms with van der Waals surface area (Å²) in [6.07, 6.45) is 9.23. The third-order valence-electron chi connectivity index (χ3n) is 8.75. The Kier molecular flexibility index (Phi) is 18.9. The van der Waals surface area contributed by atoms with Gasteiger partial charge in [0.1, 0.15) is 24.6 Å². The van der Waals surface area contributed by atoms with Crippen molar-refractivity contribution in [2.24, 2.45) is 0 Å². The largest absolute Gasteiger partial charge is 0.484 e. The van der Waals surface area contributed by atoms with Crippen LogP contribution < -0.4 is 26.0 Å². The third kappa shape index (κ3) is 15.2. The molecule has 0 saturated heterocycles. The van der Waals surface area contributed by atoms with Gasteiger partial charge in [0.15, 0.2) is 6.61 Å². The third-order valence-corrected chi connectivity index (χ3v) is 9.34. The molecule has 0 radical (unpaired) electrons. The first-order valence-electron chi connectivity index (χ1n) is 17.8. The number of allylic oxidation sites excluding steroid dienone is 5. The molecule has 13 heteroatoms. The summed E-state index contributed by atoms with van der Waals surface area (Å²) in [6.45, 7) is 7.44. The molecule has 2 heterocycles. The fourth-order valence-electron chi connectivity index (χ4n) is 5.98. The van der Waals surface area contributed by atoms with E-state index in [1.165, 1.54) is 0 Å². The number of amides is 3. The van der Waals surface area contributed by atoms with Crippen LogP contribution in [0.4, 0.5) is 0 Å². The molecule has 5 N–H and O–H groups in total. The van der Waals surface area contributed by atoms with Crippen LogP contribution in [0.1, 0.15) is 42.9 Å². The van der Waals surface area contributed by atoms with E-state index in [0.29, 0.717) is 52.6 Å². The Hall–Kier alpha value is -5.23. The maximum atomic E-state index is 14.1. The lowest BCUT2D eigenvalue weighted by molar-refractivity contribution is -0.142. The van der Waals surface area contributed by atoms with Crippen molar-refractivity contribution in [2.75, 3.05) is 13.2 Å². The molecule has 0 fully saturated rings. The molecule has 4 atom stereocenters. The molecule has 0 saturated carbocycles. The standard InChI is InChI=1S/C41H46Cl2N4O6.CH2O/c1-3-8-27(9-4-2)14-20-35-39(49)47-37(41(51)52)22-29-12-18-33(19-13-29)53-26-38(48)46-36(21-15-28-10-6-5-7-11-28)40(50)45-32(25-44-35)23-30-16-17-31(42)24-34(30)43;1-2/h3-13,16-19,24,32,35-37,44H,1,14-15,20-23,25-26H2,2H3,(H,45,50)(H,46,48)(H,47,49)(H,51,52);1H2/b9-4-,27-8+;/t32-,35+,36+,37-;/m0./s1. The van der Waals surface area contributed by atoms with Crippen LogP contribution >= 0.6 is 23.2 Å². The van der Waals surface area contributed by atoms with Crippen LogP contribution in [0, 0.1) is 0 Å². The predicted molar refractivity (Wildman–Crippen MR) is 215 cm³/mol. The van der Waals surface area contributed by atoms with E-state index in [2.05, 4.69) is 27.8 Å². The van der Waals surface area contributed by atoms with Gasteiger partial charge in [0.05, 0.1) is 6.04 Å². The summed E-state index contributed by atoms with van der Waals surface area (Å²) in [6, 6.07) is 17.8. The van der Waals surface area contributed by atoms with Crippen molar-refractivity contribution in [1.29, 1.82) is 0 Å². The summed E-state index contributed by atoms with van der Waals surface area (Å²) in [5.41, 5.74) is 3.29. The van der Waals surface area contributed by atoms with Crippen molar-refractivity contribution < 1.29 is 33.8 Å². The van der Waals surface area contributed by atoms with Gasteiger partial charge in [0.25, 0.3) is 5.91 Å². The van der Waals surface area contributed by atoms with Gasteiger partial charge in [-0.3, -0.25) is 14.4 Å². The summed E-state index contributed by atoms with van der Waals surface area (Å²) in [7, 11) is 0. The molecule has 2 bridgehead atoms. The number of carbonyl (C=O) groups is 5. The number of ether oxygens (including phenoxy) is 1. The number of hydrogen-bond acceptors (Lipinski definition) is 7. The number of fused-ring (bicyclic) bond motifs is 16. The average molecular weight is 792 g/mol. The van der Waals surface area contributed by atoms with Crippen LogP contribution in [-0.2, 0) is 43.2 Å². The van der Waals surface area contributed by atoms with Crippen LogP contribution in [0.3, 0.4) is 0 Å². The molecular weight excluding hydrogens is 743 g/mol. The van der Waals surface area contributed by atoms with E-state index in [4.69, 9.17) is 32.7 Å². The first-order chi connectivity index (χ1) is 26.5. The van der Waals surface area contributed by atoms with E-state index in [0.717, 1.165) is 11.1 Å². The summed E-state index contributed by atoms with van der Waals surface area (Å²) < 4.78 is 5.71. The van der Waals surface area contributed by atoms with Crippen LogP contribution in [0.15, 0.2) is 109 Å². The Morgan fingerprint density at radius 2 is 1.64 bits per heavy atom. The van der Waals surface area contributed by atoms with E-state index in [1.807, 2.05) is 62.3 Å². The molecule has 0 spiro atoms. The number of nitrogens with one attached hydrogen (secondary N) is 4. The molecule has 0 aromatic heterocycles. The summed E-state index contributed by atoms with van der Waals surface area (Å²) in [4.78, 5) is 61.5. The fraction of sp³-hybridized carbons (Fsp3) is 0.310. The molecule has 2 aliphatic heterocycles. The second-order valence-corrected chi connectivity index (χ2v) is 13.6. The van der Waals surface area contributed by atoms with Gasteiger partial charge in [-0.05, 0) is 85.6 Å². The number of benzene rings is 3. The monoisotopic (exact) mass is 790 g/mol. The van der Waals surface area contributed by atoms with Gasteiger partial charge in [0, 0.05) is 29.1 Å². The van der Waals surface area contributed by atoms with E-state index in [1.54, 1.807) is 48.5 Å². The molecule has 55 heavy (non-hydrogen) atoms. The van der Waals surface area contributed by atoms with E-state index in [9.17, 15) is 24.3 Å². The van der Waals surface area contributed by atoms with Crippen LogP contribution in [0.2, 0.25) is 10.0 Å². The van der Waals surface area contributed by atoms with Crippen molar-refractivity contribution in [2.45, 2.75) is 69.6 Å². The fourth-order valence-corrected chi connectivity index (χ4v) is 6.46. The smallest absolute Gasteiger partial charge is 0.326 e. The van der Waals surface area contributed by atoms with Crippen molar-refractivity contribution >= 4 is 53.7 Å². The SMILES string of the molecule is C=C/C=C(\C=C/C)CC[C@H]1NC[C@H](Cc2ccc(Cl)cc2Cl)NC(=O)[C@@H](CCc2ccccc2)NC(=O)COc2ccc(cc2)C[C@@H](C(=O)O)NC1=O.C=O. The summed E-state index contributed by atoms with van der Waals surface area (Å²) in [5.74, 6) is -2.22. The van der Waals surface area contributed by atoms with E-state index < -0.39 is 47.9 Å². The summed E-state index contributed by atoms with van der Waals surface area (Å²) >= 11 is 12.7. The van der Waals surface area contributed by atoms with Gasteiger partial charge in [-0.2, -0.15) is 0 Å². The number of aryl methyl sites for hydroxylation is 1. The number of carboxylic acids is 1. The predicted octanol–water partition coefficient (Wildman–Crippen LogP) is 5.58. The molecule has 3 aromatic rings. The first-order valence-corrected chi connectivity index (χ1v) is 18.6. The highest BCUT2D eigenvalue weighted by Gasteiger charge is 2.29. The van der Waals surface area contributed by atoms with E-state index >= 15 is 0 Å². The highest BCUT2D eigenvalue weighted by molar-refractivity contribution is 6.35. The zero-order valence-corrected chi connectivity index (χ0v) is 32.3. The Balaban J connectivity index is 0.00000399. The van der Waals surface area contributed by atoms with Crippen LogP contribution in [-0.4, -0.2) is 72.9 Å². The Morgan fingerprint density at radius 1 is 0.927 bits per heavy atom. The van der Waals surface area contributed by atoms with Gasteiger partial charge in [-0.25, -0.2) is 4.79 Å². The lowest BCUT2D eigenvalue weighted by Crippen LogP contribution is -2.56. The molecule has 2 aliphatic rings. The normalized spacial score (nSPS) is 20.0. The van der Waals surface area contributed by atoms with Gasteiger partial charge >= 0.3 is 5.97 Å². The first kappa shape index (κ1) is 44.2. The van der Waals surface area contributed by atoms with Crippen molar-refractivity contribution in [1.82, 2.24) is 21.3 Å². The molecule has 11 nitrogen and oxygen atoms in total. The second-order valence-electron chi connectivity index (χ2n) is 12.8. The van der Waals surface area contributed by atoms with Crippen LogP contribution in [0.5, 0.6) is 5.75 Å². The molecule has 5 rings (SSSR count). The Labute approximate surface area is 332 Å². The van der Waals surface area contributed by atoms with Crippen LogP contribution in [0.25, 0.3) is 0 Å².